The number of fused-ring (bicyclic) bond motifs is 1. The summed E-state index contributed by atoms with van der Waals surface area (Å²) in [5.41, 5.74) is 0.666. The zero-order valence-electron chi connectivity index (χ0n) is 14.1. The molecule has 0 unspecified atom stereocenters. The summed E-state index contributed by atoms with van der Waals surface area (Å²) in [4.78, 5) is 12.2. The molecule has 134 valence electrons. The summed E-state index contributed by atoms with van der Waals surface area (Å²) in [6.07, 6.45) is 1.05. The van der Waals surface area contributed by atoms with Gasteiger partial charge in [-0.15, -0.1) is 0 Å². The van der Waals surface area contributed by atoms with Crippen LogP contribution in [0.1, 0.15) is 0 Å². The van der Waals surface area contributed by atoms with Crippen LogP contribution >= 0.6 is 0 Å². The first-order valence-electron chi connectivity index (χ1n) is 7.89. The minimum atomic E-state index is -3.44. The molecule has 1 amide bonds. The first-order chi connectivity index (χ1) is 12.4. The van der Waals surface area contributed by atoms with Gasteiger partial charge in [-0.1, -0.05) is 42.5 Å². The van der Waals surface area contributed by atoms with Crippen molar-refractivity contribution in [3.8, 4) is 5.75 Å². The summed E-state index contributed by atoms with van der Waals surface area (Å²) in [6.45, 7) is -0.189. The fraction of sp³-hybridized carbons (Fsp3) is 0.105. The maximum atomic E-state index is 12.2. The van der Waals surface area contributed by atoms with E-state index in [0.29, 0.717) is 17.1 Å². The minimum Gasteiger partial charge on any atom is -0.484 e. The molecule has 0 saturated heterocycles. The number of amides is 1. The van der Waals surface area contributed by atoms with Crippen LogP contribution in [-0.4, -0.2) is 27.2 Å². The normalized spacial score (nSPS) is 11.1. The van der Waals surface area contributed by atoms with Gasteiger partial charge in [0.15, 0.2) is 6.61 Å². The van der Waals surface area contributed by atoms with Gasteiger partial charge in [0.1, 0.15) is 5.75 Å². The Morgan fingerprint density at radius 2 is 1.58 bits per heavy atom. The lowest BCUT2D eigenvalue weighted by Gasteiger charge is -2.12. The van der Waals surface area contributed by atoms with Crippen LogP contribution in [0.5, 0.6) is 5.75 Å². The van der Waals surface area contributed by atoms with E-state index in [1.807, 2.05) is 36.4 Å². The molecule has 0 aromatic heterocycles. The van der Waals surface area contributed by atoms with Crippen molar-refractivity contribution in [1.82, 2.24) is 0 Å². The van der Waals surface area contributed by atoms with Crippen molar-refractivity contribution < 1.29 is 17.9 Å². The molecule has 2 N–H and O–H groups in total. The second kappa shape index (κ2) is 7.45. The Hall–Kier alpha value is -3.06. The zero-order valence-corrected chi connectivity index (χ0v) is 14.9. The maximum Gasteiger partial charge on any atom is 0.262 e. The fourth-order valence-corrected chi connectivity index (χ4v) is 3.05. The van der Waals surface area contributed by atoms with E-state index in [-0.39, 0.29) is 12.5 Å². The third-order valence-electron chi connectivity index (χ3n) is 3.59. The lowest BCUT2D eigenvalue weighted by atomic mass is 10.1. The number of hydrogen-bond donors (Lipinski definition) is 2. The number of nitrogens with one attached hydrogen (secondary N) is 2. The van der Waals surface area contributed by atoms with E-state index in [1.165, 1.54) is 0 Å². The Balaban J connectivity index is 1.65. The number of anilines is 2. The Labute approximate surface area is 151 Å². The molecular formula is C19H18N2O4S. The molecule has 3 aromatic rings. The van der Waals surface area contributed by atoms with Gasteiger partial charge in [0.05, 0.1) is 17.6 Å². The van der Waals surface area contributed by atoms with Crippen LogP contribution < -0.4 is 14.8 Å². The van der Waals surface area contributed by atoms with E-state index < -0.39 is 10.0 Å². The van der Waals surface area contributed by atoms with Gasteiger partial charge in [-0.3, -0.25) is 9.52 Å². The smallest absolute Gasteiger partial charge is 0.262 e. The third-order valence-corrected chi connectivity index (χ3v) is 4.18. The Morgan fingerprint density at radius 1 is 0.923 bits per heavy atom. The zero-order chi connectivity index (χ0) is 18.6. The molecule has 0 aliphatic rings. The average molecular weight is 370 g/mol. The van der Waals surface area contributed by atoms with E-state index in [2.05, 4.69) is 10.0 Å². The standard InChI is InChI=1S/C19H18N2O4S/c1-26(23,24)21-18-9-5-4-8-17(18)20-19(22)13-25-16-11-10-14-6-2-3-7-15(14)12-16/h2-12,21H,13H2,1H3,(H,20,22). The van der Waals surface area contributed by atoms with E-state index in [1.54, 1.807) is 30.3 Å². The number of benzene rings is 3. The van der Waals surface area contributed by atoms with Crippen molar-refractivity contribution in [2.24, 2.45) is 0 Å². The van der Waals surface area contributed by atoms with Gasteiger partial charge in [-0.2, -0.15) is 0 Å². The summed E-state index contributed by atoms with van der Waals surface area (Å²) in [7, 11) is -3.44. The molecule has 0 radical (unpaired) electrons. The number of para-hydroxylation sites is 2. The van der Waals surface area contributed by atoms with Crippen LogP contribution in [-0.2, 0) is 14.8 Å². The molecule has 0 aliphatic carbocycles. The Morgan fingerprint density at radius 3 is 2.31 bits per heavy atom. The van der Waals surface area contributed by atoms with Crippen LogP contribution in [0.15, 0.2) is 66.7 Å². The molecule has 3 aromatic carbocycles. The van der Waals surface area contributed by atoms with Crippen molar-refractivity contribution in [2.45, 2.75) is 0 Å². The highest BCUT2D eigenvalue weighted by Crippen LogP contribution is 2.23. The molecule has 0 bridgehead atoms. The Kier molecular flexibility index (Phi) is 5.09. The number of carbonyl (C=O) groups is 1. The molecule has 0 heterocycles. The monoisotopic (exact) mass is 370 g/mol. The number of hydrogen-bond acceptors (Lipinski definition) is 4. The van der Waals surface area contributed by atoms with Crippen molar-refractivity contribution in [3.63, 3.8) is 0 Å². The summed E-state index contributed by atoms with van der Waals surface area (Å²) in [5, 5.41) is 4.76. The first-order valence-corrected chi connectivity index (χ1v) is 9.78. The summed E-state index contributed by atoms with van der Waals surface area (Å²) in [6, 6.07) is 20.0. The number of carbonyl (C=O) groups excluding carboxylic acids is 1. The molecule has 26 heavy (non-hydrogen) atoms. The van der Waals surface area contributed by atoms with E-state index in [4.69, 9.17) is 4.74 Å². The predicted octanol–water partition coefficient (Wildman–Crippen LogP) is 3.23. The van der Waals surface area contributed by atoms with Crippen LogP contribution in [0, 0.1) is 0 Å². The van der Waals surface area contributed by atoms with E-state index in [0.717, 1.165) is 17.0 Å². The lowest BCUT2D eigenvalue weighted by Crippen LogP contribution is -2.21. The topological polar surface area (TPSA) is 84.5 Å². The highest BCUT2D eigenvalue weighted by atomic mass is 32.2. The van der Waals surface area contributed by atoms with E-state index in [9.17, 15) is 13.2 Å². The number of sulfonamides is 1. The van der Waals surface area contributed by atoms with Crippen molar-refractivity contribution in [3.05, 3.63) is 66.7 Å². The van der Waals surface area contributed by atoms with Crippen molar-refractivity contribution in [2.75, 3.05) is 22.9 Å². The molecule has 0 spiro atoms. The second-order valence-electron chi connectivity index (χ2n) is 5.77. The minimum absolute atomic E-state index is 0.189. The molecule has 7 heteroatoms. The van der Waals surface area contributed by atoms with Crippen molar-refractivity contribution >= 4 is 38.1 Å². The molecule has 0 aliphatic heterocycles. The Bertz CT molecular complexity index is 1050. The molecule has 3 rings (SSSR count). The summed E-state index contributed by atoms with van der Waals surface area (Å²) in [5.74, 6) is 0.197. The van der Waals surface area contributed by atoms with Gasteiger partial charge in [-0.05, 0) is 35.0 Å². The quantitative estimate of drug-likeness (QED) is 0.698. The SMILES string of the molecule is CS(=O)(=O)Nc1ccccc1NC(=O)COc1ccc2ccccc2c1. The van der Waals surface area contributed by atoms with Gasteiger partial charge in [0.25, 0.3) is 5.91 Å². The second-order valence-corrected chi connectivity index (χ2v) is 7.51. The van der Waals surface area contributed by atoms with Crippen LogP contribution in [0.25, 0.3) is 10.8 Å². The number of rotatable bonds is 6. The fourth-order valence-electron chi connectivity index (χ4n) is 2.47. The third kappa shape index (κ3) is 4.73. The van der Waals surface area contributed by atoms with Gasteiger partial charge in [0.2, 0.25) is 10.0 Å². The molecule has 0 atom stereocenters. The number of ether oxygens (including phenoxy) is 1. The van der Waals surface area contributed by atoms with Crippen molar-refractivity contribution in [1.29, 1.82) is 0 Å². The highest BCUT2D eigenvalue weighted by Gasteiger charge is 2.10. The van der Waals surface area contributed by atoms with Gasteiger partial charge in [0, 0.05) is 0 Å². The van der Waals surface area contributed by atoms with E-state index >= 15 is 0 Å². The average Bonchev–Trinajstić information content (AvgIpc) is 2.60. The molecule has 0 fully saturated rings. The van der Waals surface area contributed by atoms with Gasteiger partial charge < -0.3 is 10.1 Å². The van der Waals surface area contributed by atoms with Gasteiger partial charge in [-0.25, -0.2) is 8.42 Å². The maximum absolute atomic E-state index is 12.2. The van der Waals surface area contributed by atoms with Crippen LogP contribution in [0.2, 0.25) is 0 Å². The van der Waals surface area contributed by atoms with Gasteiger partial charge >= 0.3 is 0 Å². The molecular weight excluding hydrogens is 352 g/mol. The highest BCUT2D eigenvalue weighted by molar-refractivity contribution is 7.92. The largest absolute Gasteiger partial charge is 0.484 e. The summed E-state index contributed by atoms with van der Waals surface area (Å²) < 4.78 is 30.7. The summed E-state index contributed by atoms with van der Waals surface area (Å²) >= 11 is 0. The molecule has 6 nitrogen and oxygen atoms in total. The lowest BCUT2D eigenvalue weighted by molar-refractivity contribution is -0.118. The molecule has 0 saturated carbocycles. The van der Waals surface area contributed by atoms with Crippen LogP contribution in [0.4, 0.5) is 11.4 Å². The predicted molar refractivity (Wildman–Crippen MR) is 103 cm³/mol. The first kappa shape index (κ1) is 17.8. The van der Waals surface area contributed by atoms with Crippen LogP contribution in [0.3, 0.4) is 0 Å².